The molecule has 4 rings (SSSR count). The zero-order chi connectivity index (χ0) is 40.1. The largest absolute Gasteiger partial charge is 0.506 e. The Kier molecular flexibility index (Phi) is 18.5. The van der Waals surface area contributed by atoms with Crippen molar-refractivity contribution in [3.63, 3.8) is 0 Å². The summed E-state index contributed by atoms with van der Waals surface area (Å²) in [7, 11) is 4.15. The maximum absolute atomic E-state index is 14.7. The second-order valence-corrected chi connectivity index (χ2v) is 14.6. The van der Waals surface area contributed by atoms with E-state index in [1.807, 2.05) is 42.5 Å². The van der Waals surface area contributed by atoms with Crippen LogP contribution in [0.25, 0.3) is 10.8 Å². The summed E-state index contributed by atoms with van der Waals surface area (Å²) in [6.07, 6.45) is 19.6. The molecule has 0 atom stereocenters. The van der Waals surface area contributed by atoms with Crippen LogP contribution >= 0.6 is 0 Å². The summed E-state index contributed by atoms with van der Waals surface area (Å²) in [4.78, 5) is 41.7. The minimum Gasteiger partial charge on any atom is -0.506 e. The maximum Gasteiger partial charge on any atom is 0.337 e. The van der Waals surface area contributed by atoms with Gasteiger partial charge in [-0.15, -0.1) is 0 Å². The first-order chi connectivity index (χ1) is 27.3. The number of carbonyl (C=O) groups excluding carboxylic acids is 3. The van der Waals surface area contributed by atoms with Gasteiger partial charge in [0.15, 0.2) is 0 Å². The van der Waals surface area contributed by atoms with E-state index in [-0.39, 0.29) is 22.4 Å². The van der Waals surface area contributed by atoms with Gasteiger partial charge in [-0.1, -0.05) is 128 Å². The fraction of sp³-hybridized carbons (Fsp3) is 0.468. The topological polar surface area (TPSA) is 114 Å². The Hall–Kier alpha value is -5.05. The average molecular weight is 767 g/mol. The average Bonchev–Trinajstić information content (AvgIpc) is 3.23. The van der Waals surface area contributed by atoms with Gasteiger partial charge >= 0.3 is 11.9 Å². The standard InChI is InChI=1S/C47H62N2O7/c1-5-6-7-8-9-10-11-12-13-14-15-16-17-18-19-22-29-49(39-31-35(46(52)55-3)30-36(32-39)47(53)56-4)45(51)43-33-37(41-23-20-21-24-42(41)44(43)50)34-48-38-25-27-40(54-2)28-26-38/h20-21,23-28,30-33,48,50H,5-19,22,29,34H2,1-4H3. The number of aromatic hydroxyl groups is 1. The van der Waals surface area contributed by atoms with Crippen molar-refractivity contribution in [1.82, 2.24) is 0 Å². The first-order valence-electron chi connectivity index (χ1n) is 20.6. The summed E-state index contributed by atoms with van der Waals surface area (Å²) in [6.45, 7) is 2.96. The molecule has 302 valence electrons. The smallest absolute Gasteiger partial charge is 0.337 e. The first kappa shape index (κ1) is 43.7. The number of nitrogens with one attached hydrogen (secondary N) is 1. The number of anilines is 2. The van der Waals surface area contributed by atoms with E-state index in [0.29, 0.717) is 30.6 Å². The Labute approximate surface area is 333 Å². The van der Waals surface area contributed by atoms with Gasteiger partial charge < -0.3 is 29.5 Å². The highest BCUT2D eigenvalue weighted by molar-refractivity contribution is 6.12. The first-order valence-corrected chi connectivity index (χ1v) is 20.6. The number of unbranched alkanes of at least 4 members (excludes halogenated alkanes) is 15. The van der Waals surface area contributed by atoms with Crippen molar-refractivity contribution in [1.29, 1.82) is 0 Å². The van der Waals surface area contributed by atoms with E-state index in [9.17, 15) is 19.5 Å². The molecule has 56 heavy (non-hydrogen) atoms. The van der Waals surface area contributed by atoms with Crippen molar-refractivity contribution in [2.45, 2.75) is 116 Å². The maximum atomic E-state index is 14.7. The quantitative estimate of drug-likeness (QED) is 0.0506. The minimum atomic E-state index is -0.646. The number of phenolic OH excluding ortho intramolecular Hbond substituents is 1. The number of ether oxygens (including phenoxy) is 3. The third kappa shape index (κ3) is 13.0. The van der Waals surface area contributed by atoms with Gasteiger partial charge in [0.25, 0.3) is 5.91 Å². The van der Waals surface area contributed by atoms with E-state index in [1.165, 1.54) is 97.3 Å². The van der Waals surface area contributed by atoms with Crippen molar-refractivity contribution in [3.05, 3.63) is 95.1 Å². The van der Waals surface area contributed by atoms with Gasteiger partial charge in [-0.3, -0.25) is 4.79 Å². The summed E-state index contributed by atoms with van der Waals surface area (Å²) in [5.41, 5.74) is 2.37. The van der Waals surface area contributed by atoms with Crippen LogP contribution in [0.2, 0.25) is 0 Å². The van der Waals surface area contributed by atoms with Gasteiger partial charge in [0.05, 0.1) is 38.0 Å². The molecule has 0 aliphatic heterocycles. The van der Waals surface area contributed by atoms with Crippen molar-refractivity contribution in [2.75, 3.05) is 38.1 Å². The Morgan fingerprint density at radius 2 is 1.12 bits per heavy atom. The van der Waals surface area contributed by atoms with E-state index in [4.69, 9.17) is 14.2 Å². The number of nitrogens with zero attached hydrogens (tertiary/aromatic N) is 1. The van der Waals surface area contributed by atoms with Crippen LogP contribution in [0.5, 0.6) is 11.5 Å². The fourth-order valence-corrected chi connectivity index (χ4v) is 7.20. The van der Waals surface area contributed by atoms with Crippen LogP contribution in [0.1, 0.15) is 146 Å². The SMILES string of the molecule is CCCCCCCCCCCCCCCCCCN(C(=O)c1cc(CNc2ccc(OC)cc2)c2ccccc2c1O)c1cc(C(=O)OC)cc(C(=O)OC)c1. The van der Waals surface area contributed by atoms with E-state index < -0.39 is 17.8 Å². The zero-order valence-electron chi connectivity index (χ0n) is 34.0. The highest BCUT2D eigenvalue weighted by atomic mass is 16.5. The molecule has 0 bridgehead atoms. The number of benzene rings is 4. The number of hydrogen-bond acceptors (Lipinski definition) is 8. The lowest BCUT2D eigenvalue weighted by molar-refractivity contribution is 0.0598. The third-order valence-electron chi connectivity index (χ3n) is 10.5. The summed E-state index contributed by atoms with van der Waals surface area (Å²) in [5.74, 6) is -1.13. The molecule has 0 radical (unpaired) electrons. The van der Waals surface area contributed by atoms with Crippen LogP contribution in [-0.2, 0) is 16.0 Å². The molecule has 2 N–H and O–H groups in total. The van der Waals surface area contributed by atoms with Crippen LogP contribution < -0.4 is 15.0 Å². The van der Waals surface area contributed by atoms with E-state index in [2.05, 4.69) is 12.2 Å². The second-order valence-electron chi connectivity index (χ2n) is 14.6. The monoisotopic (exact) mass is 766 g/mol. The highest BCUT2D eigenvalue weighted by Crippen LogP contribution is 2.35. The Balaban J connectivity index is 1.49. The van der Waals surface area contributed by atoms with Crippen LogP contribution in [0, 0.1) is 0 Å². The molecular weight excluding hydrogens is 705 g/mol. The summed E-state index contributed by atoms with van der Waals surface area (Å²) in [5, 5.41) is 16.4. The lowest BCUT2D eigenvalue weighted by Crippen LogP contribution is -2.32. The molecule has 0 spiro atoms. The molecule has 0 unspecified atom stereocenters. The van der Waals surface area contributed by atoms with Gasteiger partial charge in [0, 0.05) is 29.9 Å². The van der Waals surface area contributed by atoms with Gasteiger partial charge in [-0.25, -0.2) is 9.59 Å². The van der Waals surface area contributed by atoms with E-state index in [1.54, 1.807) is 36.3 Å². The highest BCUT2D eigenvalue weighted by Gasteiger charge is 2.26. The van der Waals surface area contributed by atoms with Crippen molar-refractivity contribution < 1.29 is 33.7 Å². The predicted molar refractivity (Wildman–Crippen MR) is 226 cm³/mol. The summed E-state index contributed by atoms with van der Waals surface area (Å²) >= 11 is 0. The fourth-order valence-electron chi connectivity index (χ4n) is 7.20. The normalized spacial score (nSPS) is 11.0. The zero-order valence-corrected chi connectivity index (χ0v) is 34.0. The third-order valence-corrected chi connectivity index (χ3v) is 10.5. The minimum absolute atomic E-state index is 0.113. The number of methoxy groups -OCH3 is 3. The number of phenols is 1. The molecule has 4 aromatic carbocycles. The van der Waals surface area contributed by atoms with Gasteiger partial charge in [0.2, 0.25) is 0 Å². The molecule has 9 nitrogen and oxygen atoms in total. The molecule has 0 fully saturated rings. The Morgan fingerprint density at radius 3 is 1.62 bits per heavy atom. The molecule has 0 saturated heterocycles. The number of esters is 2. The molecule has 9 heteroatoms. The molecule has 0 aliphatic carbocycles. The number of fused-ring (bicyclic) bond motifs is 1. The van der Waals surface area contributed by atoms with Gasteiger partial charge in [-0.05, 0) is 65.9 Å². The van der Waals surface area contributed by atoms with Crippen LogP contribution in [-0.4, -0.2) is 50.8 Å². The van der Waals surface area contributed by atoms with E-state index >= 15 is 0 Å². The Bertz CT molecular complexity index is 1800. The molecular formula is C47H62N2O7. The lowest BCUT2D eigenvalue weighted by Gasteiger charge is -2.25. The molecule has 0 aliphatic rings. The molecule has 0 aromatic heterocycles. The molecule has 0 saturated carbocycles. The van der Waals surface area contributed by atoms with Gasteiger partial charge in [-0.2, -0.15) is 0 Å². The summed E-state index contributed by atoms with van der Waals surface area (Å²) in [6, 6.07) is 21.2. The van der Waals surface area contributed by atoms with Crippen LogP contribution in [0.3, 0.4) is 0 Å². The number of rotatable bonds is 25. The Morgan fingerprint density at radius 1 is 0.625 bits per heavy atom. The van der Waals surface area contributed by atoms with Crippen molar-refractivity contribution >= 4 is 40.0 Å². The summed E-state index contributed by atoms with van der Waals surface area (Å²) < 4.78 is 15.3. The second kappa shape index (κ2) is 23.8. The van der Waals surface area contributed by atoms with Crippen LogP contribution in [0.4, 0.5) is 11.4 Å². The number of hydrogen-bond donors (Lipinski definition) is 2. The van der Waals surface area contributed by atoms with Crippen LogP contribution in [0.15, 0.2) is 72.8 Å². The van der Waals surface area contributed by atoms with Crippen molar-refractivity contribution in [3.8, 4) is 11.5 Å². The lowest BCUT2D eigenvalue weighted by atomic mass is 9.98. The molecule has 0 heterocycles. The molecule has 1 amide bonds. The van der Waals surface area contributed by atoms with Gasteiger partial charge in [0.1, 0.15) is 11.5 Å². The van der Waals surface area contributed by atoms with E-state index in [0.717, 1.165) is 41.6 Å². The number of amides is 1. The molecule has 4 aromatic rings. The predicted octanol–water partition coefficient (Wildman–Crippen LogP) is 11.6. The number of carbonyl (C=O) groups is 3. The van der Waals surface area contributed by atoms with Crippen molar-refractivity contribution in [2.24, 2.45) is 0 Å².